The fourth-order valence-corrected chi connectivity index (χ4v) is 3.73. The Hall–Kier alpha value is -2.47. The summed E-state index contributed by atoms with van der Waals surface area (Å²) in [6.07, 6.45) is 4.01. The Bertz CT molecular complexity index is 974. The third-order valence-electron chi connectivity index (χ3n) is 5.10. The van der Waals surface area contributed by atoms with Gasteiger partial charge in [0.25, 0.3) is 0 Å². The van der Waals surface area contributed by atoms with Crippen molar-refractivity contribution < 1.29 is 9.52 Å². The molecule has 6 nitrogen and oxygen atoms in total. The highest BCUT2D eigenvalue weighted by molar-refractivity contribution is 6.31. The first-order valence-electron chi connectivity index (χ1n) is 8.79. The minimum Gasteiger partial charge on any atom is -0.492 e. The van der Waals surface area contributed by atoms with Gasteiger partial charge in [-0.25, -0.2) is 14.3 Å². The van der Waals surface area contributed by atoms with Gasteiger partial charge in [-0.1, -0.05) is 11.6 Å². The zero-order valence-corrected chi connectivity index (χ0v) is 15.0. The monoisotopic (exact) mass is 373 g/mol. The number of aromatic hydroxyl groups is 1. The van der Waals surface area contributed by atoms with Crippen LogP contribution in [0.3, 0.4) is 0 Å². The van der Waals surface area contributed by atoms with Crippen LogP contribution in [-0.4, -0.2) is 27.7 Å². The molecule has 3 heterocycles. The van der Waals surface area contributed by atoms with Gasteiger partial charge >= 0.3 is 5.76 Å². The number of hydrogen-bond donors (Lipinski definition) is 1. The molecule has 0 bridgehead atoms. The van der Waals surface area contributed by atoms with Crippen molar-refractivity contribution >= 4 is 28.3 Å². The number of fused-ring (bicyclic) bond motifs is 1. The van der Waals surface area contributed by atoms with Gasteiger partial charge in [0.15, 0.2) is 6.26 Å². The van der Waals surface area contributed by atoms with E-state index in [0.717, 1.165) is 60.4 Å². The molecular weight excluding hydrogens is 354 g/mol. The van der Waals surface area contributed by atoms with Crippen molar-refractivity contribution in [2.75, 3.05) is 18.0 Å². The first-order valence-corrected chi connectivity index (χ1v) is 9.16. The highest BCUT2D eigenvalue weighted by atomic mass is 35.5. The summed E-state index contributed by atoms with van der Waals surface area (Å²) in [5, 5.41) is 11.4. The van der Waals surface area contributed by atoms with Crippen LogP contribution in [0.2, 0.25) is 5.02 Å². The molecule has 1 saturated heterocycles. The summed E-state index contributed by atoms with van der Waals surface area (Å²) in [4.78, 5) is 18.5. The Kier molecular flexibility index (Phi) is 4.59. The number of oxazole rings is 1. The van der Waals surface area contributed by atoms with Crippen molar-refractivity contribution in [1.82, 2.24) is 9.55 Å². The van der Waals surface area contributed by atoms with Gasteiger partial charge in [-0.15, -0.1) is 0 Å². The van der Waals surface area contributed by atoms with E-state index in [2.05, 4.69) is 15.4 Å². The second kappa shape index (κ2) is 7.03. The van der Waals surface area contributed by atoms with Crippen LogP contribution < -0.4 is 10.7 Å². The molecule has 26 heavy (non-hydrogen) atoms. The SMILES string of the molecule is O=c1occ(O)n1CCC1CCN(c2ccc3cc(Cl)ccc3n2)CC1. The molecule has 1 aliphatic heterocycles. The molecule has 0 radical (unpaired) electrons. The van der Waals surface area contributed by atoms with Crippen molar-refractivity contribution in [3.8, 4) is 5.88 Å². The largest absolute Gasteiger partial charge is 0.492 e. The van der Waals surface area contributed by atoms with Crippen LogP contribution in [0.15, 0.2) is 45.8 Å². The van der Waals surface area contributed by atoms with Crippen LogP contribution >= 0.6 is 11.6 Å². The lowest BCUT2D eigenvalue weighted by Crippen LogP contribution is -2.34. The summed E-state index contributed by atoms with van der Waals surface area (Å²) in [7, 11) is 0. The zero-order chi connectivity index (χ0) is 18.1. The number of nitrogens with zero attached hydrogens (tertiary/aromatic N) is 3. The lowest BCUT2D eigenvalue weighted by Gasteiger charge is -2.33. The van der Waals surface area contributed by atoms with Crippen LogP contribution in [0.4, 0.5) is 5.82 Å². The number of hydrogen-bond acceptors (Lipinski definition) is 5. The number of piperidine rings is 1. The maximum atomic E-state index is 11.5. The second-order valence-corrected chi connectivity index (χ2v) is 7.17. The molecule has 1 aliphatic rings. The third-order valence-corrected chi connectivity index (χ3v) is 5.33. The van der Waals surface area contributed by atoms with Gasteiger partial charge in [-0.2, -0.15) is 0 Å². The maximum absolute atomic E-state index is 11.5. The van der Waals surface area contributed by atoms with Crippen molar-refractivity contribution in [2.24, 2.45) is 5.92 Å². The van der Waals surface area contributed by atoms with E-state index in [-0.39, 0.29) is 5.88 Å². The van der Waals surface area contributed by atoms with E-state index in [4.69, 9.17) is 16.6 Å². The second-order valence-electron chi connectivity index (χ2n) is 6.74. The van der Waals surface area contributed by atoms with E-state index in [1.165, 1.54) is 4.57 Å². The standard InChI is InChI=1S/C19H20ClN3O3/c20-15-2-3-16-14(11-15)1-4-17(21-16)22-8-5-13(6-9-22)7-10-23-18(24)12-26-19(23)25/h1-4,11-13,24H,5-10H2. The minimum absolute atomic E-state index is 0.104. The van der Waals surface area contributed by atoms with E-state index >= 15 is 0 Å². The molecule has 0 unspecified atom stereocenters. The van der Waals surface area contributed by atoms with Crippen LogP contribution in [-0.2, 0) is 6.54 Å². The molecule has 0 saturated carbocycles. The van der Waals surface area contributed by atoms with Crippen molar-refractivity contribution in [3.63, 3.8) is 0 Å². The highest BCUT2D eigenvalue weighted by Gasteiger charge is 2.21. The average Bonchev–Trinajstić information content (AvgIpc) is 2.98. The van der Waals surface area contributed by atoms with Crippen molar-refractivity contribution in [3.05, 3.63) is 52.2 Å². The average molecular weight is 374 g/mol. The number of halogens is 1. The van der Waals surface area contributed by atoms with E-state index in [1.807, 2.05) is 24.3 Å². The smallest absolute Gasteiger partial charge is 0.421 e. The summed E-state index contributed by atoms with van der Waals surface area (Å²) in [5.41, 5.74) is 0.948. The van der Waals surface area contributed by atoms with Gasteiger partial charge in [-0.3, -0.25) is 0 Å². The Balaban J connectivity index is 1.37. The number of anilines is 1. The van der Waals surface area contributed by atoms with Crippen LogP contribution in [0.5, 0.6) is 5.88 Å². The van der Waals surface area contributed by atoms with Gasteiger partial charge in [-0.05, 0) is 55.5 Å². The number of pyridine rings is 1. The summed E-state index contributed by atoms with van der Waals surface area (Å²) in [5.74, 6) is 0.905. The fourth-order valence-electron chi connectivity index (χ4n) is 3.55. The maximum Gasteiger partial charge on any atom is 0.421 e. The molecule has 1 N–H and O–H groups in total. The summed E-state index contributed by atoms with van der Waals surface area (Å²) >= 11 is 6.03. The molecule has 0 spiro atoms. The Morgan fingerprint density at radius 2 is 2.04 bits per heavy atom. The van der Waals surface area contributed by atoms with Crippen molar-refractivity contribution in [1.29, 1.82) is 0 Å². The third kappa shape index (κ3) is 3.42. The molecule has 136 valence electrons. The number of aromatic nitrogens is 2. The fraction of sp³-hybridized carbons (Fsp3) is 0.368. The van der Waals surface area contributed by atoms with Crippen LogP contribution in [0.25, 0.3) is 10.9 Å². The lowest BCUT2D eigenvalue weighted by atomic mass is 9.93. The summed E-state index contributed by atoms with van der Waals surface area (Å²) in [6.45, 7) is 2.35. The molecule has 1 fully saturated rings. The minimum atomic E-state index is -0.500. The first-order chi connectivity index (χ1) is 12.6. The molecule has 0 aliphatic carbocycles. The molecule has 2 aromatic heterocycles. The van der Waals surface area contributed by atoms with Gasteiger partial charge in [0.2, 0.25) is 5.88 Å². The molecule has 7 heteroatoms. The topological polar surface area (TPSA) is 71.5 Å². The molecular formula is C19H20ClN3O3. The lowest BCUT2D eigenvalue weighted by molar-refractivity contribution is 0.337. The predicted molar refractivity (Wildman–Crippen MR) is 101 cm³/mol. The quantitative estimate of drug-likeness (QED) is 0.755. The molecule has 4 rings (SSSR count). The van der Waals surface area contributed by atoms with Gasteiger partial charge in [0.1, 0.15) is 5.82 Å². The number of benzene rings is 1. The van der Waals surface area contributed by atoms with E-state index < -0.39 is 5.76 Å². The van der Waals surface area contributed by atoms with Gasteiger partial charge < -0.3 is 14.4 Å². The summed E-state index contributed by atoms with van der Waals surface area (Å²) < 4.78 is 5.97. The van der Waals surface area contributed by atoms with Crippen LogP contribution in [0.1, 0.15) is 19.3 Å². The van der Waals surface area contributed by atoms with Gasteiger partial charge in [0, 0.05) is 30.0 Å². The molecule has 0 amide bonds. The van der Waals surface area contributed by atoms with Gasteiger partial charge in [0.05, 0.1) is 5.52 Å². The predicted octanol–water partition coefficient (Wildman–Crippen LogP) is 3.66. The Labute approximate surface area is 155 Å². The Morgan fingerprint density at radius 1 is 1.23 bits per heavy atom. The first kappa shape index (κ1) is 17.0. The normalized spacial score (nSPS) is 15.7. The van der Waals surface area contributed by atoms with E-state index in [0.29, 0.717) is 12.5 Å². The highest BCUT2D eigenvalue weighted by Crippen LogP contribution is 2.27. The summed E-state index contributed by atoms with van der Waals surface area (Å²) in [6, 6.07) is 9.84. The molecule has 1 aromatic carbocycles. The molecule has 3 aromatic rings. The van der Waals surface area contributed by atoms with Crippen LogP contribution in [0, 0.1) is 5.92 Å². The van der Waals surface area contributed by atoms with E-state index in [1.54, 1.807) is 0 Å². The molecule has 0 atom stereocenters. The Morgan fingerprint density at radius 3 is 2.77 bits per heavy atom. The zero-order valence-electron chi connectivity index (χ0n) is 14.3. The van der Waals surface area contributed by atoms with Crippen molar-refractivity contribution in [2.45, 2.75) is 25.8 Å². The van der Waals surface area contributed by atoms with E-state index in [9.17, 15) is 9.90 Å². The number of rotatable bonds is 4.